The van der Waals surface area contributed by atoms with Gasteiger partial charge in [0.05, 0.1) is 5.54 Å². The van der Waals surface area contributed by atoms with Crippen molar-refractivity contribution in [2.75, 3.05) is 32.7 Å². The van der Waals surface area contributed by atoms with Crippen LogP contribution >= 0.6 is 0 Å². The lowest BCUT2D eigenvalue weighted by Gasteiger charge is -2.32. The van der Waals surface area contributed by atoms with E-state index in [1.807, 2.05) is 6.92 Å². The predicted molar refractivity (Wildman–Crippen MR) is 73.5 cm³/mol. The number of hydrogen-bond donors (Lipinski definition) is 2. The Morgan fingerprint density at radius 3 is 2.72 bits per heavy atom. The normalized spacial score (nSPS) is 30.6. The van der Waals surface area contributed by atoms with Gasteiger partial charge in [0.1, 0.15) is 0 Å². The topological polar surface area (TPSA) is 44.4 Å². The lowest BCUT2D eigenvalue weighted by Crippen LogP contribution is -2.52. The fourth-order valence-electron chi connectivity index (χ4n) is 3.03. The monoisotopic (exact) mass is 253 g/mol. The van der Waals surface area contributed by atoms with Crippen molar-refractivity contribution in [1.29, 1.82) is 0 Å². The zero-order valence-electron chi connectivity index (χ0n) is 11.8. The van der Waals surface area contributed by atoms with Crippen LogP contribution in [0.3, 0.4) is 0 Å². The molecule has 1 atom stereocenters. The van der Waals surface area contributed by atoms with Crippen molar-refractivity contribution in [3.05, 3.63) is 0 Å². The molecule has 1 unspecified atom stereocenters. The fourth-order valence-corrected chi connectivity index (χ4v) is 3.03. The first-order chi connectivity index (χ1) is 8.64. The number of rotatable bonds is 4. The third kappa shape index (κ3) is 3.23. The summed E-state index contributed by atoms with van der Waals surface area (Å²) in [6.07, 6.45) is 4.52. The molecule has 1 amide bonds. The number of carbonyl (C=O) groups excluding carboxylic acids is 1. The molecule has 104 valence electrons. The third-order valence-electron chi connectivity index (χ3n) is 4.58. The van der Waals surface area contributed by atoms with Crippen LogP contribution in [0.15, 0.2) is 0 Å². The number of nitrogens with zero attached hydrogens (tertiary/aromatic N) is 1. The van der Waals surface area contributed by atoms with E-state index in [9.17, 15) is 4.79 Å². The van der Waals surface area contributed by atoms with Gasteiger partial charge in [0, 0.05) is 6.54 Å². The molecule has 2 aliphatic heterocycles. The molecule has 2 saturated heterocycles. The van der Waals surface area contributed by atoms with Crippen molar-refractivity contribution in [2.45, 2.75) is 45.1 Å². The summed E-state index contributed by atoms with van der Waals surface area (Å²) in [5.41, 5.74) is -0.315. The quantitative estimate of drug-likeness (QED) is 0.785. The van der Waals surface area contributed by atoms with Gasteiger partial charge in [-0.15, -0.1) is 0 Å². The zero-order valence-corrected chi connectivity index (χ0v) is 11.8. The third-order valence-corrected chi connectivity index (χ3v) is 4.58. The molecule has 0 aromatic rings. The molecule has 18 heavy (non-hydrogen) atoms. The smallest absolute Gasteiger partial charge is 0.240 e. The molecule has 0 spiro atoms. The Bertz CT molecular complexity index is 279. The molecule has 2 rings (SSSR count). The van der Waals surface area contributed by atoms with Crippen LogP contribution in [0.1, 0.15) is 39.5 Å². The lowest BCUT2D eigenvalue weighted by molar-refractivity contribution is -0.126. The summed E-state index contributed by atoms with van der Waals surface area (Å²) in [4.78, 5) is 14.6. The van der Waals surface area contributed by atoms with Crippen LogP contribution in [0.5, 0.6) is 0 Å². The minimum Gasteiger partial charge on any atom is -0.354 e. The lowest BCUT2D eigenvalue weighted by atomic mass is 9.95. The number of carbonyl (C=O) groups is 1. The first-order valence-electron chi connectivity index (χ1n) is 7.40. The van der Waals surface area contributed by atoms with Gasteiger partial charge < -0.3 is 15.5 Å². The molecule has 4 nitrogen and oxygen atoms in total. The Morgan fingerprint density at radius 1 is 1.44 bits per heavy atom. The molecule has 0 saturated carbocycles. The molecule has 0 radical (unpaired) electrons. The van der Waals surface area contributed by atoms with Crippen LogP contribution in [0, 0.1) is 5.92 Å². The highest BCUT2D eigenvalue weighted by Gasteiger charge is 2.35. The summed E-state index contributed by atoms with van der Waals surface area (Å²) in [6.45, 7) is 9.59. The molecule has 2 aliphatic rings. The van der Waals surface area contributed by atoms with Crippen LogP contribution in [-0.4, -0.2) is 49.1 Å². The highest BCUT2D eigenvalue weighted by Crippen LogP contribution is 2.20. The van der Waals surface area contributed by atoms with Gasteiger partial charge in [-0.05, 0) is 64.7 Å². The van der Waals surface area contributed by atoms with Gasteiger partial charge in [-0.1, -0.05) is 6.92 Å². The SMILES string of the molecule is CCN1CCC(CNC(=O)C2(C)CCCN2)CC1. The van der Waals surface area contributed by atoms with Crippen LogP contribution in [0.25, 0.3) is 0 Å². The van der Waals surface area contributed by atoms with Gasteiger partial charge in [0.25, 0.3) is 0 Å². The Balaban J connectivity index is 1.70. The first kappa shape index (κ1) is 13.8. The minimum absolute atomic E-state index is 0.193. The summed E-state index contributed by atoms with van der Waals surface area (Å²) in [6, 6.07) is 0. The van der Waals surface area contributed by atoms with Gasteiger partial charge in [0.2, 0.25) is 5.91 Å². The maximum absolute atomic E-state index is 12.1. The van der Waals surface area contributed by atoms with Gasteiger partial charge >= 0.3 is 0 Å². The van der Waals surface area contributed by atoms with Crippen molar-refractivity contribution in [3.8, 4) is 0 Å². The minimum atomic E-state index is -0.315. The maximum atomic E-state index is 12.1. The molecule has 0 aromatic carbocycles. The first-order valence-corrected chi connectivity index (χ1v) is 7.40. The van der Waals surface area contributed by atoms with E-state index in [2.05, 4.69) is 22.5 Å². The molecule has 4 heteroatoms. The van der Waals surface area contributed by atoms with E-state index < -0.39 is 0 Å². The van der Waals surface area contributed by atoms with Crippen molar-refractivity contribution in [1.82, 2.24) is 15.5 Å². The fraction of sp³-hybridized carbons (Fsp3) is 0.929. The second kappa shape index (κ2) is 6.02. The standard InChI is InChI=1S/C14H27N3O/c1-3-17-9-5-12(6-10-17)11-15-13(18)14(2)7-4-8-16-14/h12,16H,3-11H2,1-2H3,(H,15,18). The van der Waals surface area contributed by atoms with Crippen LogP contribution in [-0.2, 0) is 4.79 Å². The molecule has 2 heterocycles. The van der Waals surface area contributed by atoms with E-state index in [4.69, 9.17) is 0 Å². The highest BCUT2D eigenvalue weighted by atomic mass is 16.2. The second-order valence-corrected chi connectivity index (χ2v) is 5.95. The summed E-state index contributed by atoms with van der Waals surface area (Å²) in [5, 5.41) is 6.46. The zero-order chi connectivity index (χ0) is 13.0. The average Bonchev–Trinajstić information content (AvgIpc) is 2.85. The molecule has 0 aliphatic carbocycles. The predicted octanol–water partition coefficient (Wildman–Crippen LogP) is 0.977. The maximum Gasteiger partial charge on any atom is 0.240 e. The van der Waals surface area contributed by atoms with E-state index in [-0.39, 0.29) is 11.4 Å². The van der Waals surface area contributed by atoms with Crippen LogP contribution < -0.4 is 10.6 Å². The van der Waals surface area contributed by atoms with E-state index in [0.29, 0.717) is 5.92 Å². The van der Waals surface area contributed by atoms with Crippen molar-refractivity contribution < 1.29 is 4.79 Å². The summed E-state index contributed by atoms with van der Waals surface area (Å²) in [5.74, 6) is 0.861. The number of piperidine rings is 1. The van der Waals surface area contributed by atoms with E-state index >= 15 is 0 Å². The van der Waals surface area contributed by atoms with E-state index in [1.54, 1.807) is 0 Å². The second-order valence-electron chi connectivity index (χ2n) is 5.95. The summed E-state index contributed by atoms with van der Waals surface area (Å²) in [7, 11) is 0. The average molecular weight is 253 g/mol. The summed E-state index contributed by atoms with van der Waals surface area (Å²) < 4.78 is 0. The number of amides is 1. The summed E-state index contributed by atoms with van der Waals surface area (Å²) >= 11 is 0. The Morgan fingerprint density at radius 2 is 2.17 bits per heavy atom. The molecular formula is C14H27N3O. The van der Waals surface area contributed by atoms with Crippen molar-refractivity contribution >= 4 is 5.91 Å². The van der Waals surface area contributed by atoms with E-state index in [1.165, 1.54) is 25.9 Å². The Kier molecular flexibility index (Phi) is 4.62. The molecule has 2 fully saturated rings. The van der Waals surface area contributed by atoms with Crippen molar-refractivity contribution in [3.63, 3.8) is 0 Å². The van der Waals surface area contributed by atoms with Crippen LogP contribution in [0.2, 0.25) is 0 Å². The highest BCUT2D eigenvalue weighted by molar-refractivity contribution is 5.86. The number of nitrogens with one attached hydrogen (secondary N) is 2. The van der Waals surface area contributed by atoms with Gasteiger partial charge in [-0.25, -0.2) is 0 Å². The number of hydrogen-bond acceptors (Lipinski definition) is 3. The number of likely N-dealkylation sites (tertiary alicyclic amines) is 1. The Hall–Kier alpha value is -0.610. The van der Waals surface area contributed by atoms with Crippen LogP contribution in [0.4, 0.5) is 0 Å². The Labute approximate surface area is 110 Å². The molecule has 0 bridgehead atoms. The van der Waals surface area contributed by atoms with E-state index in [0.717, 1.165) is 32.5 Å². The molecule has 2 N–H and O–H groups in total. The van der Waals surface area contributed by atoms with Gasteiger partial charge in [-0.3, -0.25) is 4.79 Å². The van der Waals surface area contributed by atoms with Gasteiger partial charge in [-0.2, -0.15) is 0 Å². The molecule has 0 aromatic heterocycles. The molecular weight excluding hydrogens is 226 g/mol. The largest absolute Gasteiger partial charge is 0.354 e. The van der Waals surface area contributed by atoms with Gasteiger partial charge in [0.15, 0.2) is 0 Å². The van der Waals surface area contributed by atoms with Crippen molar-refractivity contribution in [2.24, 2.45) is 5.92 Å².